The summed E-state index contributed by atoms with van der Waals surface area (Å²) in [5.41, 5.74) is 0.931. The summed E-state index contributed by atoms with van der Waals surface area (Å²) in [6, 6.07) is 7.44. The summed E-state index contributed by atoms with van der Waals surface area (Å²) in [7, 11) is 0. The monoisotopic (exact) mass is 282 g/mol. The largest absolute Gasteiger partial charge is 0.375 e. The van der Waals surface area contributed by atoms with Crippen LogP contribution in [0, 0.1) is 0 Å². The van der Waals surface area contributed by atoms with Gasteiger partial charge in [-0.05, 0) is 18.6 Å². The lowest BCUT2D eigenvalue weighted by molar-refractivity contribution is -0.125. The van der Waals surface area contributed by atoms with Crippen LogP contribution in [-0.2, 0) is 9.53 Å². The molecule has 0 saturated carbocycles. The molecule has 2 N–H and O–H groups in total. The molecular formula is C14H19ClN2O2. The lowest BCUT2D eigenvalue weighted by Crippen LogP contribution is -2.41. The van der Waals surface area contributed by atoms with Crippen molar-refractivity contribution < 1.29 is 9.53 Å². The molecule has 1 unspecified atom stereocenters. The van der Waals surface area contributed by atoms with Gasteiger partial charge < -0.3 is 15.4 Å². The van der Waals surface area contributed by atoms with Gasteiger partial charge in [0.05, 0.1) is 25.2 Å². The number of nitrogens with one attached hydrogen (secondary N) is 2. The van der Waals surface area contributed by atoms with Crippen LogP contribution in [0.2, 0.25) is 5.02 Å². The standard InChI is InChI=1S/C14H19ClN2O2/c1-10(12-4-2-3-5-13(12)15)17-14(18)8-11-9-16-6-7-19-11/h2-5,10-11,16H,6-9H2,1H3,(H,17,18)/t10-,11?/m0/s1. The van der Waals surface area contributed by atoms with E-state index in [0.29, 0.717) is 18.1 Å². The minimum absolute atomic E-state index is 0.0129. The minimum Gasteiger partial charge on any atom is -0.375 e. The zero-order valence-electron chi connectivity index (χ0n) is 11.0. The number of benzene rings is 1. The molecule has 1 aliphatic heterocycles. The lowest BCUT2D eigenvalue weighted by Gasteiger charge is -2.24. The zero-order chi connectivity index (χ0) is 13.7. The van der Waals surface area contributed by atoms with Crippen molar-refractivity contribution >= 4 is 17.5 Å². The van der Waals surface area contributed by atoms with Gasteiger partial charge in [0, 0.05) is 18.1 Å². The Bertz CT molecular complexity index is 433. The molecule has 1 amide bonds. The Labute approximate surface area is 118 Å². The first-order valence-corrected chi connectivity index (χ1v) is 6.90. The van der Waals surface area contributed by atoms with Crippen molar-refractivity contribution in [2.45, 2.75) is 25.5 Å². The summed E-state index contributed by atoms with van der Waals surface area (Å²) < 4.78 is 5.51. The van der Waals surface area contributed by atoms with Gasteiger partial charge in [-0.15, -0.1) is 0 Å². The molecular weight excluding hydrogens is 264 g/mol. The maximum absolute atomic E-state index is 11.9. The number of amides is 1. The summed E-state index contributed by atoms with van der Waals surface area (Å²) in [6.45, 7) is 4.18. The Morgan fingerprint density at radius 2 is 2.37 bits per heavy atom. The molecule has 1 aliphatic rings. The van der Waals surface area contributed by atoms with Crippen LogP contribution in [0.25, 0.3) is 0 Å². The summed E-state index contributed by atoms with van der Waals surface area (Å²) in [5, 5.41) is 6.83. The molecule has 0 spiro atoms. The van der Waals surface area contributed by atoms with Gasteiger partial charge in [0.2, 0.25) is 5.91 Å². The highest BCUT2D eigenvalue weighted by Crippen LogP contribution is 2.22. The van der Waals surface area contributed by atoms with E-state index in [1.807, 2.05) is 31.2 Å². The van der Waals surface area contributed by atoms with Crippen molar-refractivity contribution in [3.8, 4) is 0 Å². The van der Waals surface area contributed by atoms with Crippen molar-refractivity contribution in [3.63, 3.8) is 0 Å². The maximum atomic E-state index is 11.9. The van der Waals surface area contributed by atoms with E-state index in [2.05, 4.69) is 10.6 Å². The molecule has 2 atom stereocenters. The quantitative estimate of drug-likeness (QED) is 0.887. The van der Waals surface area contributed by atoms with Gasteiger partial charge in [0.25, 0.3) is 0 Å². The fourth-order valence-corrected chi connectivity index (χ4v) is 2.46. The molecule has 1 aromatic rings. The van der Waals surface area contributed by atoms with Gasteiger partial charge in [-0.2, -0.15) is 0 Å². The second kappa shape index (κ2) is 6.89. The molecule has 2 rings (SSSR count). The van der Waals surface area contributed by atoms with E-state index in [1.54, 1.807) is 0 Å². The van der Waals surface area contributed by atoms with Crippen molar-refractivity contribution in [3.05, 3.63) is 34.9 Å². The normalized spacial score (nSPS) is 20.8. The molecule has 104 valence electrons. The fraction of sp³-hybridized carbons (Fsp3) is 0.500. The van der Waals surface area contributed by atoms with Crippen LogP contribution in [0.3, 0.4) is 0 Å². The van der Waals surface area contributed by atoms with E-state index in [1.165, 1.54) is 0 Å². The summed E-state index contributed by atoms with van der Waals surface area (Å²) in [6.07, 6.45) is 0.342. The number of hydrogen-bond donors (Lipinski definition) is 2. The third-order valence-corrected chi connectivity index (χ3v) is 3.51. The maximum Gasteiger partial charge on any atom is 0.223 e. The SMILES string of the molecule is C[C@H](NC(=O)CC1CNCCO1)c1ccccc1Cl. The zero-order valence-corrected chi connectivity index (χ0v) is 11.7. The molecule has 0 radical (unpaired) electrons. The van der Waals surface area contributed by atoms with E-state index in [4.69, 9.17) is 16.3 Å². The Balaban J connectivity index is 1.86. The number of halogens is 1. The molecule has 0 aromatic heterocycles. The summed E-state index contributed by atoms with van der Waals surface area (Å²) >= 11 is 6.11. The van der Waals surface area contributed by atoms with Crippen LogP contribution in [0.5, 0.6) is 0 Å². The number of morpholine rings is 1. The molecule has 1 aromatic carbocycles. The van der Waals surface area contributed by atoms with Crippen molar-refractivity contribution in [1.82, 2.24) is 10.6 Å². The molecule has 19 heavy (non-hydrogen) atoms. The number of hydrogen-bond acceptors (Lipinski definition) is 3. The van der Waals surface area contributed by atoms with E-state index in [9.17, 15) is 4.79 Å². The van der Waals surface area contributed by atoms with Crippen LogP contribution in [0.1, 0.15) is 24.9 Å². The average molecular weight is 283 g/mol. The topological polar surface area (TPSA) is 50.4 Å². The first-order valence-electron chi connectivity index (χ1n) is 6.53. The van der Waals surface area contributed by atoms with E-state index in [-0.39, 0.29) is 18.1 Å². The number of carbonyl (C=O) groups excluding carboxylic acids is 1. The van der Waals surface area contributed by atoms with E-state index >= 15 is 0 Å². The van der Waals surface area contributed by atoms with Gasteiger partial charge in [0.1, 0.15) is 0 Å². The first-order chi connectivity index (χ1) is 9.16. The van der Waals surface area contributed by atoms with Crippen LogP contribution in [0.4, 0.5) is 0 Å². The third kappa shape index (κ3) is 4.20. The molecule has 1 heterocycles. The van der Waals surface area contributed by atoms with Gasteiger partial charge >= 0.3 is 0 Å². The Kier molecular flexibility index (Phi) is 5.19. The Morgan fingerprint density at radius 3 is 3.05 bits per heavy atom. The van der Waals surface area contributed by atoms with Gasteiger partial charge in [-0.1, -0.05) is 29.8 Å². The minimum atomic E-state index is -0.0993. The van der Waals surface area contributed by atoms with E-state index < -0.39 is 0 Å². The van der Waals surface area contributed by atoms with Gasteiger partial charge in [-0.25, -0.2) is 0 Å². The van der Waals surface area contributed by atoms with E-state index in [0.717, 1.165) is 18.7 Å². The van der Waals surface area contributed by atoms with Crippen LogP contribution in [0.15, 0.2) is 24.3 Å². The Morgan fingerprint density at radius 1 is 1.58 bits per heavy atom. The summed E-state index contributed by atoms with van der Waals surface area (Å²) in [4.78, 5) is 11.9. The first kappa shape index (κ1) is 14.3. The third-order valence-electron chi connectivity index (χ3n) is 3.17. The van der Waals surface area contributed by atoms with Gasteiger partial charge in [0.15, 0.2) is 0 Å². The molecule has 4 nitrogen and oxygen atoms in total. The predicted octanol–water partition coefficient (Wildman–Crippen LogP) is 1.90. The molecule has 0 aliphatic carbocycles. The van der Waals surface area contributed by atoms with Crippen LogP contribution >= 0.6 is 11.6 Å². The number of carbonyl (C=O) groups is 1. The van der Waals surface area contributed by atoms with Crippen LogP contribution in [-0.4, -0.2) is 31.7 Å². The smallest absolute Gasteiger partial charge is 0.223 e. The van der Waals surface area contributed by atoms with Crippen LogP contribution < -0.4 is 10.6 Å². The number of rotatable bonds is 4. The molecule has 1 saturated heterocycles. The molecule has 0 bridgehead atoms. The molecule has 5 heteroatoms. The second-order valence-corrected chi connectivity index (χ2v) is 5.12. The lowest BCUT2D eigenvalue weighted by atomic mass is 10.1. The van der Waals surface area contributed by atoms with Crippen molar-refractivity contribution in [1.29, 1.82) is 0 Å². The van der Waals surface area contributed by atoms with Crippen molar-refractivity contribution in [2.24, 2.45) is 0 Å². The second-order valence-electron chi connectivity index (χ2n) is 4.71. The molecule has 1 fully saturated rings. The number of ether oxygens (including phenoxy) is 1. The predicted molar refractivity (Wildman–Crippen MR) is 75.2 cm³/mol. The van der Waals surface area contributed by atoms with Crippen molar-refractivity contribution in [2.75, 3.05) is 19.7 Å². The Hall–Kier alpha value is -1.10. The summed E-state index contributed by atoms with van der Waals surface area (Å²) in [5.74, 6) is -0.0129. The fourth-order valence-electron chi connectivity index (χ4n) is 2.16. The highest BCUT2D eigenvalue weighted by atomic mass is 35.5. The highest BCUT2D eigenvalue weighted by molar-refractivity contribution is 6.31. The average Bonchev–Trinajstić information content (AvgIpc) is 2.40. The highest BCUT2D eigenvalue weighted by Gasteiger charge is 2.19. The van der Waals surface area contributed by atoms with Gasteiger partial charge in [-0.3, -0.25) is 4.79 Å².